The van der Waals surface area contributed by atoms with Crippen LogP contribution in [0.25, 0.3) is 11.3 Å². The number of hydrogen-bond donors (Lipinski definition) is 1. The van der Waals surface area contributed by atoms with Crippen LogP contribution in [0.4, 0.5) is 32.8 Å². The van der Waals surface area contributed by atoms with Crippen LogP contribution in [0.3, 0.4) is 0 Å². The summed E-state index contributed by atoms with van der Waals surface area (Å²) in [6, 6.07) is 8.67. The molecule has 1 fully saturated rings. The first kappa shape index (κ1) is 23.1. The summed E-state index contributed by atoms with van der Waals surface area (Å²) in [5, 5.41) is 4.66. The van der Waals surface area contributed by atoms with Crippen LogP contribution < -0.4 is 10.2 Å². The minimum Gasteiger partial charge on any atom is -0.369 e. The number of hydrogen-bond acceptors (Lipinski definition) is 5. The average molecular weight is 482 g/mol. The molecule has 1 amide bonds. The van der Waals surface area contributed by atoms with Gasteiger partial charge in [0.05, 0.1) is 17.8 Å². The van der Waals surface area contributed by atoms with Gasteiger partial charge in [0.15, 0.2) is 16.8 Å². The minimum absolute atomic E-state index is 0.108. The fourth-order valence-electron chi connectivity index (χ4n) is 3.52. The number of piperazine rings is 1. The number of nitrogens with one attached hydrogen (secondary N) is 1. The normalized spacial score (nSPS) is 15.0. The van der Waals surface area contributed by atoms with Gasteiger partial charge in [-0.25, -0.2) is 13.8 Å². The van der Waals surface area contributed by atoms with Gasteiger partial charge in [-0.2, -0.15) is 13.2 Å². The van der Waals surface area contributed by atoms with Crippen LogP contribution in [0.1, 0.15) is 5.56 Å². The molecule has 1 saturated heterocycles. The Bertz CT molecular complexity index is 1140. The summed E-state index contributed by atoms with van der Waals surface area (Å²) in [6.45, 7) is 2.12. The molecule has 0 bridgehead atoms. The number of amides is 1. The lowest BCUT2D eigenvalue weighted by Crippen LogP contribution is -2.48. The Morgan fingerprint density at radius 1 is 1.03 bits per heavy atom. The summed E-state index contributed by atoms with van der Waals surface area (Å²) in [6.07, 6.45) is -4.39. The maximum Gasteiger partial charge on any atom is 0.416 e. The van der Waals surface area contributed by atoms with Crippen molar-refractivity contribution < 1.29 is 26.7 Å². The highest BCUT2D eigenvalue weighted by Crippen LogP contribution is 2.32. The van der Waals surface area contributed by atoms with Crippen molar-refractivity contribution in [2.45, 2.75) is 6.18 Å². The summed E-state index contributed by atoms with van der Waals surface area (Å²) < 4.78 is 65.4. The molecular formula is C22H19F5N4OS. The van der Waals surface area contributed by atoms with Gasteiger partial charge in [0, 0.05) is 42.8 Å². The van der Waals surface area contributed by atoms with Crippen LogP contribution in [-0.2, 0) is 11.0 Å². The van der Waals surface area contributed by atoms with E-state index >= 15 is 0 Å². The number of halogens is 5. The molecule has 0 unspecified atom stereocenters. The van der Waals surface area contributed by atoms with E-state index in [1.807, 2.05) is 9.80 Å². The highest BCUT2D eigenvalue weighted by molar-refractivity contribution is 7.14. The molecule has 1 N–H and O–H groups in total. The fraction of sp³-hybridized carbons (Fsp3) is 0.273. The number of thiazole rings is 1. The standard InChI is InChI=1S/C22H19F5N4OS/c23-17-5-4-14(10-18(17)24)19-13-33-21(28-19)29-20(32)12-30-6-8-31(9-7-30)16-3-1-2-15(11-16)22(25,26)27/h1-5,10-11,13H,6-9,12H2,(H,28,29,32). The lowest BCUT2D eigenvalue weighted by molar-refractivity contribution is -0.137. The van der Waals surface area contributed by atoms with E-state index in [4.69, 9.17) is 0 Å². The van der Waals surface area contributed by atoms with Crippen molar-refractivity contribution in [3.05, 3.63) is 65.0 Å². The van der Waals surface area contributed by atoms with Crippen LogP contribution in [0.2, 0.25) is 0 Å². The summed E-state index contributed by atoms with van der Waals surface area (Å²) in [7, 11) is 0. The molecule has 2 aromatic carbocycles. The number of benzene rings is 2. The van der Waals surface area contributed by atoms with Crippen molar-refractivity contribution in [2.24, 2.45) is 0 Å². The van der Waals surface area contributed by atoms with E-state index in [-0.39, 0.29) is 12.5 Å². The zero-order valence-corrected chi connectivity index (χ0v) is 18.0. The maximum absolute atomic E-state index is 13.4. The largest absolute Gasteiger partial charge is 0.416 e. The second-order valence-corrected chi connectivity index (χ2v) is 8.38. The molecule has 0 spiro atoms. The van der Waals surface area contributed by atoms with E-state index in [9.17, 15) is 26.7 Å². The van der Waals surface area contributed by atoms with E-state index in [0.29, 0.717) is 48.3 Å². The van der Waals surface area contributed by atoms with Gasteiger partial charge >= 0.3 is 6.18 Å². The molecular weight excluding hydrogens is 463 g/mol. The van der Waals surface area contributed by atoms with Crippen LogP contribution in [0.15, 0.2) is 47.8 Å². The SMILES string of the molecule is O=C(CN1CCN(c2cccc(C(F)(F)F)c2)CC1)Nc1nc(-c2ccc(F)c(F)c2)cs1. The van der Waals surface area contributed by atoms with Gasteiger partial charge in [0.2, 0.25) is 5.91 Å². The number of rotatable bonds is 5. The zero-order valence-electron chi connectivity index (χ0n) is 17.2. The predicted molar refractivity (Wildman–Crippen MR) is 116 cm³/mol. The van der Waals surface area contributed by atoms with Gasteiger partial charge in [0.25, 0.3) is 0 Å². The van der Waals surface area contributed by atoms with Crippen molar-refractivity contribution in [2.75, 3.05) is 42.9 Å². The highest BCUT2D eigenvalue weighted by atomic mass is 32.1. The topological polar surface area (TPSA) is 48.5 Å². The molecule has 2 heterocycles. The third-order valence-electron chi connectivity index (χ3n) is 5.24. The molecule has 0 atom stereocenters. The monoisotopic (exact) mass is 482 g/mol. The van der Waals surface area contributed by atoms with Crippen molar-refractivity contribution >= 4 is 28.1 Å². The second-order valence-electron chi connectivity index (χ2n) is 7.53. The molecule has 33 heavy (non-hydrogen) atoms. The number of alkyl halides is 3. The fourth-order valence-corrected chi connectivity index (χ4v) is 4.26. The van der Waals surface area contributed by atoms with Crippen molar-refractivity contribution in [1.29, 1.82) is 0 Å². The number of carbonyl (C=O) groups is 1. The quantitative estimate of drug-likeness (QED) is 0.528. The van der Waals surface area contributed by atoms with Crippen LogP contribution in [-0.4, -0.2) is 48.5 Å². The average Bonchev–Trinajstić information content (AvgIpc) is 3.24. The van der Waals surface area contributed by atoms with Gasteiger partial charge in [-0.3, -0.25) is 9.69 Å². The lowest BCUT2D eigenvalue weighted by atomic mass is 10.1. The first-order chi connectivity index (χ1) is 15.7. The Kier molecular flexibility index (Phi) is 6.61. The van der Waals surface area contributed by atoms with Gasteiger partial charge < -0.3 is 10.2 Å². The molecule has 174 valence electrons. The molecule has 0 saturated carbocycles. The van der Waals surface area contributed by atoms with Crippen LogP contribution >= 0.6 is 11.3 Å². The molecule has 11 heteroatoms. The van der Waals surface area contributed by atoms with Gasteiger partial charge in [-0.1, -0.05) is 6.07 Å². The van der Waals surface area contributed by atoms with Crippen LogP contribution in [0.5, 0.6) is 0 Å². The molecule has 3 aromatic rings. The molecule has 5 nitrogen and oxygen atoms in total. The Morgan fingerprint density at radius 3 is 2.48 bits per heavy atom. The van der Waals surface area contributed by atoms with E-state index < -0.39 is 23.4 Å². The van der Waals surface area contributed by atoms with Crippen molar-refractivity contribution in [1.82, 2.24) is 9.88 Å². The molecule has 0 radical (unpaired) electrons. The zero-order chi connectivity index (χ0) is 23.6. The summed E-state index contributed by atoms with van der Waals surface area (Å²) in [5.41, 5.74) is 0.634. The predicted octanol–water partition coefficient (Wildman–Crippen LogP) is 4.87. The van der Waals surface area contributed by atoms with Gasteiger partial charge in [-0.15, -0.1) is 11.3 Å². The smallest absolute Gasteiger partial charge is 0.369 e. The third kappa shape index (κ3) is 5.66. The van der Waals surface area contributed by atoms with E-state index in [2.05, 4.69) is 10.3 Å². The Hall–Kier alpha value is -3.05. The number of anilines is 2. The Morgan fingerprint density at radius 2 is 1.79 bits per heavy atom. The van der Waals surface area contributed by atoms with E-state index in [1.165, 1.54) is 23.5 Å². The van der Waals surface area contributed by atoms with E-state index in [0.717, 1.165) is 24.3 Å². The summed E-state index contributed by atoms with van der Waals surface area (Å²) in [5.74, 6) is -2.21. The Balaban J connectivity index is 1.29. The first-order valence-electron chi connectivity index (χ1n) is 10.0. The number of carbonyl (C=O) groups excluding carboxylic acids is 1. The first-order valence-corrected chi connectivity index (χ1v) is 10.9. The van der Waals surface area contributed by atoms with Crippen molar-refractivity contribution in [3.8, 4) is 11.3 Å². The number of nitrogens with zero attached hydrogens (tertiary/aromatic N) is 3. The highest BCUT2D eigenvalue weighted by Gasteiger charge is 2.31. The maximum atomic E-state index is 13.4. The number of aromatic nitrogens is 1. The lowest BCUT2D eigenvalue weighted by Gasteiger charge is -2.35. The molecule has 0 aliphatic carbocycles. The van der Waals surface area contributed by atoms with Gasteiger partial charge in [-0.05, 0) is 36.4 Å². The summed E-state index contributed by atoms with van der Waals surface area (Å²) in [4.78, 5) is 20.4. The molecule has 1 aromatic heterocycles. The minimum atomic E-state index is -4.39. The molecule has 1 aliphatic heterocycles. The van der Waals surface area contributed by atoms with E-state index in [1.54, 1.807) is 11.4 Å². The third-order valence-corrected chi connectivity index (χ3v) is 6.00. The van der Waals surface area contributed by atoms with Crippen LogP contribution in [0, 0.1) is 11.6 Å². The van der Waals surface area contributed by atoms with Crippen molar-refractivity contribution in [3.63, 3.8) is 0 Å². The molecule has 4 rings (SSSR count). The Labute approximate surface area is 190 Å². The molecule has 1 aliphatic rings. The van der Waals surface area contributed by atoms with Gasteiger partial charge in [0.1, 0.15) is 0 Å². The second kappa shape index (κ2) is 9.44. The summed E-state index contributed by atoms with van der Waals surface area (Å²) >= 11 is 1.17.